The highest BCUT2D eigenvalue weighted by Crippen LogP contribution is 2.48. The lowest BCUT2D eigenvalue weighted by Gasteiger charge is -2.24. The zero-order valence-electron chi connectivity index (χ0n) is 10.6. The standard InChI is InChI=1S/C14H23NS/c1-4-14(7-8-14)10-15-13(11(2)3)12-6-5-9-16-12/h5-6,9,11,13,15H,4,7-8,10H2,1-3H3. The van der Waals surface area contributed by atoms with Crippen LogP contribution in [0.2, 0.25) is 0 Å². The normalized spacial score (nSPS) is 20.0. The molecule has 0 amide bonds. The Bertz CT molecular complexity index is 311. The maximum atomic E-state index is 3.79. The first-order chi connectivity index (χ1) is 7.67. The second-order valence-corrected chi connectivity index (χ2v) is 6.45. The van der Waals surface area contributed by atoms with Crippen molar-refractivity contribution in [1.82, 2.24) is 5.32 Å². The van der Waals surface area contributed by atoms with Gasteiger partial charge in [0, 0.05) is 17.5 Å². The average molecular weight is 237 g/mol. The van der Waals surface area contributed by atoms with Crippen LogP contribution >= 0.6 is 11.3 Å². The van der Waals surface area contributed by atoms with Gasteiger partial charge in [0.25, 0.3) is 0 Å². The summed E-state index contributed by atoms with van der Waals surface area (Å²) >= 11 is 1.88. The molecule has 1 saturated carbocycles. The predicted octanol–water partition coefficient (Wildman–Crippen LogP) is 4.23. The third-order valence-electron chi connectivity index (χ3n) is 3.92. The van der Waals surface area contributed by atoms with Gasteiger partial charge in [0.1, 0.15) is 0 Å². The topological polar surface area (TPSA) is 12.0 Å². The van der Waals surface area contributed by atoms with Gasteiger partial charge in [-0.2, -0.15) is 0 Å². The molecule has 1 atom stereocenters. The third kappa shape index (κ3) is 2.67. The van der Waals surface area contributed by atoms with Crippen molar-refractivity contribution in [3.8, 4) is 0 Å². The maximum absolute atomic E-state index is 3.79. The first-order valence-corrected chi connectivity index (χ1v) is 7.32. The van der Waals surface area contributed by atoms with E-state index in [2.05, 4.69) is 43.6 Å². The molecule has 90 valence electrons. The van der Waals surface area contributed by atoms with Gasteiger partial charge in [-0.05, 0) is 42.0 Å². The number of rotatable bonds is 6. The van der Waals surface area contributed by atoms with Crippen LogP contribution in [-0.2, 0) is 0 Å². The highest BCUT2D eigenvalue weighted by atomic mass is 32.1. The number of hydrogen-bond donors (Lipinski definition) is 1. The van der Waals surface area contributed by atoms with Crippen LogP contribution in [0.4, 0.5) is 0 Å². The molecule has 0 aliphatic heterocycles. The smallest absolute Gasteiger partial charge is 0.0438 e. The second-order valence-electron chi connectivity index (χ2n) is 5.47. The monoisotopic (exact) mass is 237 g/mol. The fraction of sp³-hybridized carbons (Fsp3) is 0.714. The molecule has 0 bridgehead atoms. The van der Waals surface area contributed by atoms with Crippen LogP contribution in [0.1, 0.15) is 51.0 Å². The fourth-order valence-electron chi connectivity index (χ4n) is 2.29. The fourth-order valence-corrected chi connectivity index (χ4v) is 3.27. The Hall–Kier alpha value is -0.340. The maximum Gasteiger partial charge on any atom is 0.0438 e. The Balaban J connectivity index is 1.94. The molecule has 1 nitrogen and oxygen atoms in total. The summed E-state index contributed by atoms with van der Waals surface area (Å²) in [5.74, 6) is 0.673. The SMILES string of the molecule is CCC1(CNC(c2cccs2)C(C)C)CC1. The van der Waals surface area contributed by atoms with Crippen molar-refractivity contribution >= 4 is 11.3 Å². The van der Waals surface area contributed by atoms with Crippen molar-refractivity contribution in [2.24, 2.45) is 11.3 Å². The number of nitrogens with one attached hydrogen (secondary N) is 1. The molecule has 1 aromatic heterocycles. The molecule has 0 radical (unpaired) electrons. The average Bonchev–Trinajstić information content (AvgIpc) is 2.84. The van der Waals surface area contributed by atoms with Crippen LogP contribution in [0.5, 0.6) is 0 Å². The van der Waals surface area contributed by atoms with E-state index in [0.717, 1.165) is 0 Å². The highest BCUT2D eigenvalue weighted by Gasteiger charge is 2.40. The minimum atomic E-state index is 0.545. The lowest BCUT2D eigenvalue weighted by molar-refractivity contribution is 0.356. The number of thiophene rings is 1. The van der Waals surface area contributed by atoms with E-state index in [-0.39, 0.29) is 0 Å². The minimum absolute atomic E-state index is 0.545. The lowest BCUT2D eigenvalue weighted by atomic mass is 9.99. The van der Waals surface area contributed by atoms with Crippen molar-refractivity contribution in [3.63, 3.8) is 0 Å². The van der Waals surface area contributed by atoms with Crippen molar-refractivity contribution < 1.29 is 0 Å². The van der Waals surface area contributed by atoms with Crippen LogP contribution in [0, 0.1) is 11.3 Å². The zero-order chi connectivity index (χ0) is 11.6. The molecule has 1 aliphatic rings. The molecule has 1 unspecified atom stereocenters. The van der Waals surface area contributed by atoms with Gasteiger partial charge in [0.15, 0.2) is 0 Å². The van der Waals surface area contributed by atoms with Gasteiger partial charge < -0.3 is 5.32 Å². The summed E-state index contributed by atoms with van der Waals surface area (Å²) in [7, 11) is 0. The van der Waals surface area contributed by atoms with E-state index in [1.807, 2.05) is 11.3 Å². The van der Waals surface area contributed by atoms with E-state index >= 15 is 0 Å². The predicted molar refractivity (Wildman–Crippen MR) is 71.9 cm³/mol. The molecule has 1 N–H and O–H groups in total. The Morgan fingerprint density at radius 1 is 1.44 bits per heavy atom. The number of hydrogen-bond acceptors (Lipinski definition) is 2. The van der Waals surface area contributed by atoms with Gasteiger partial charge in [-0.1, -0.05) is 26.8 Å². The third-order valence-corrected chi connectivity index (χ3v) is 4.88. The molecule has 0 spiro atoms. The largest absolute Gasteiger partial charge is 0.308 e. The van der Waals surface area contributed by atoms with Crippen molar-refractivity contribution in [3.05, 3.63) is 22.4 Å². The minimum Gasteiger partial charge on any atom is -0.308 e. The van der Waals surface area contributed by atoms with E-state index in [0.29, 0.717) is 17.4 Å². The summed E-state index contributed by atoms with van der Waals surface area (Å²) in [5.41, 5.74) is 0.643. The van der Waals surface area contributed by atoms with Gasteiger partial charge in [0.05, 0.1) is 0 Å². The van der Waals surface area contributed by atoms with E-state index in [4.69, 9.17) is 0 Å². The van der Waals surface area contributed by atoms with Crippen LogP contribution in [0.25, 0.3) is 0 Å². The van der Waals surface area contributed by atoms with Gasteiger partial charge in [-0.15, -0.1) is 11.3 Å². The summed E-state index contributed by atoms with van der Waals surface area (Å²) in [6.45, 7) is 8.14. The molecule has 0 aromatic carbocycles. The first kappa shape index (κ1) is 12.1. The Morgan fingerprint density at radius 2 is 2.19 bits per heavy atom. The molecule has 1 aliphatic carbocycles. The van der Waals surface area contributed by atoms with Crippen LogP contribution in [-0.4, -0.2) is 6.54 Å². The van der Waals surface area contributed by atoms with E-state index in [9.17, 15) is 0 Å². The quantitative estimate of drug-likeness (QED) is 0.781. The molecule has 1 heterocycles. The van der Waals surface area contributed by atoms with Crippen LogP contribution in [0.15, 0.2) is 17.5 Å². The van der Waals surface area contributed by atoms with E-state index < -0.39 is 0 Å². The van der Waals surface area contributed by atoms with Crippen molar-refractivity contribution in [1.29, 1.82) is 0 Å². The molecule has 0 saturated heterocycles. The molecule has 1 fully saturated rings. The first-order valence-electron chi connectivity index (χ1n) is 6.44. The summed E-state index contributed by atoms with van der Waals surface area (Å²) in [4.78, 5) is 1.49. The summed E-state index contributed by atoms with van der Waals surface area (Å²) < 4.78 is 0. The van der Waals surface area contributed by atoms with Crippen molar-refractivity contribution in [2.75, 3.05) is 6.54 Å². The summed E-state index contributed by atoms with van der Waals surface area (Å²) in [6, 6.07) is 4.96. The molecular formula is C14H23NS. The van der Waals surface area contributed by atoms with E-state index in [1.165, 1.54) is 30.7 Å². The van der Waals surface area contributed by atoms with Gasteiger partial charge in [-0.25, -0.2) is 0 Å². The molecule has 2 rings (SSSR count). The molecular weight excluding hydrogens is 214 g/mol. The second kappa shape index (κ2) is 4.89. The van der Waals surface area contributed by atoms with Gasteiger partial charge in [0.2, 0.25) is 0 Å². The van der Waals surface area contributed by atoms with Crippen LogP contribution in [0.3, 0.4) is 0 Å². The summed E-state index contributed by atoms with van der Waals surface area (Å²) in [6.07, 6.45) is 4.17. The van der Waals surface area contributed by atoms with E-state index in [1.54, 1.807) is 0 Å². The lowest BCUT2D eigenvalue weighted by Crippen LogP contribution is -2.30. The molecule has 1 aromatic rings. The Kier molecular flexibility index (Phi) is 3.70. The Labute approximate surface area is 103 Å². The summed E-state index contributed by atoms with van der Waals surface area (Å²) in [5, 5.41) is 5.97. The van der Waals surface area contributed by atoms with Crippen molar-refractivity contribution in [2.45, 2.75) is 46.1 Å². The zero-order valence-corrected chi connectivity index (χ0v) is 11.4. The van der Waals surface area contributed by atoms with Crippen LogP contribution < -0.4 is 5.32 Å². The molecule has 16 heavy (non-hydrogen) atoms. The van der Waals surface area contributed by atoms with Gasteiger partial charge in [-0.3, -0.25) is 0 Å². The van der Waals surface area contributed by atoms with Gasteiger partial charge >= 0.3 is 0 Å². The highest BCUT2D eigenvalue weighted by molar-refractivity contribution is 7.10. The molecule has 2 heteroatoms. The Morgan fingerprint density at radius 3 is 2.62 bits per heavy atom.